The SMILES string of the molecule is CCCCCC1CCC(CCC2CCC(c3ccc4c(F)c(OCC)ccc4c3)CC2)CC1. The van der Waals surface area contributed by atoms with Crippen molar-refractivity contribution in [2.45, 2.75) is 110 Å². The molecule has 0 aromatic heterocycles. The van der Waals surface area contributed by atoms with Crippen LogP contribution in [0.15, 0.2) is 30.3 Å². The van der Waals surface area contributed by atoms with Gasteiger partial charge < -0.3 is 4.74 Å². The van der Waals surface area contributed by atoms with Gasteiger partial charge in [0.1, 0.15) is 0 Å². The zero-order chi connectivity index (χ0) is 23.0. The van der Waals surface area contributed by atoms with Gasteiger partial charge in [0, 0.05) is 5.39 Å². The second-order valence-corrected chi connectivity index (χ2v) is 11.0. The maximum absolute atomic E-state index is 14.7. The molecule has 2 aromatic carbocycles. The molecule has 2 aliphatic carbocycles. The Bertz CT molecular complexity index is 859. The van der Waals surface area contributed by atoms with Gasteiger partial charge in [-0.2, -0.15) is 0 Å². The predicted octanol–water partition coefficient (Wildman–Crippen LogP) is 9.82. The average Bonchev–Trinajstić information content (AvgIpc) is 2.86. The second kappa shape index (κ2) is 12.2. The minimum Gasteiger partial charge on any atom is -0.491 e. The van der Waals surface area contributed by atoms with Gasteiger partial charge >= 0.3 is 0 Å². The third kappa shape index (κ3) is 6.52. The fraction of sp³-hybridized carbons (Fsp3) is 0.677. The Kier molecular flexibility index (Phi) is 9.10. The summed E-state index contributed by atoms with van der Waals surface area (Å²) in [4.78, 5) is 0. The van der Waals surface area contributed by atoms with Crippen LogP contribution in [-0.4, -0.2) is 6.61 Å². The molecule has 0 atom stereocenters. The molecule has 0 aliphatic heterocycles. The maximum Gasteiger partial charge on any atom is 0.172 e. The van der Waals surface area contributed by atoms with Crippen LogP contribution >= 0.6 is 0 Å². The molecule has 0 spiro atoms. The highest BCUT2D eigenvalue weighted by molar-refractivity contribution is 5.85. The molecule has 0 unspecified atom stereocenters. The van der Waals surface area contributed by atoms with Crippen molar-refractivity contribution < 1.29 is 9.13 Å². The van der Waals surface area contributed by atoms with Crippen LogP contribution in [0.5, 0.6) is 5.75 Å². The minimum atomic E-state index is -0.223. The Morgan fingerprint density at radius 3 is 2.03 bits per heavy atom. The van der Waals surface area contributed by atoms with Crippen LogP contribution in [0.3, 0.4) is 0 Å². The molecule has 0 bridgehead atoms. The van der Waals surface area contributed by atoms with Crippen molar-refractivity contribution in [3.05, 3.63) is 41.7 Å². The zero-order valence-electron chi connectivity index (χ0n) is 21.1. The highest BCUT2D eigenvalue weighted by Gasteiger charge is 2.25. The fourth-order valence-electron chi connectivity index (χ4n) is 6.56. The van der Waals surface area contributed by atoms with Crippen molar-refractivity contribution in [2.24, 2.45) is 17.8 Å². The first-order valence-electron chi connectivity index (χ1n) is 14.0. The van der Waals surface area contributed by atoms with Crippen LogP contribution in [0.4, 0.5) is 4.39 Å². The number of ether oxygens (including phenoxy) is 1. The first-order chi connectivity index (χ1) is 16.2. The molecule has 2 fully saturated rings. The van der Waals surface area contributed by atoms with Gasteiger partial charge in [0.05, 0.1) is 6.61 Å². The predicted molar refractivity (Wildman–Crippen MR) is 139 cm³/mol. The molecule has 0 saturated heterocycles. The molecule has 2 heteroatoms. The van der Waals surface area contributed by atoms with Crippen molar-refractivity contribution in [1.82, 2.24) is 0 Å². The van der Waals surface area contributed by atoms with Crippen molar-refractivity contribution in [3.8, 4) is 5.75 Å². The van der Waals surface area contributed by atoms with E-state index in [0.29, 0.717) is 23.7 Å². The quantitative estimate of drug-likeness (QED) is 0.326. The monoisotopic (exact) mass is 452 g/mol. The topological polar surface area (TPSA) is 9.23 Å². The van der Waals surface area contributed by atoms with Crippen molar-refractivity contribution in [1.29, 1.82) is 0 Å². The van der Waals surface area contributed by atoms with Gasteiger partial charge in [-0.05, 0) is 73.3 Å². The molecule has 0 heterocycles. The number of hydrogen-bond donors (Lipinski definition) is 0. The van der Waals surface area contributed by atoms with Crippen LogP contribution in [0.2, 0.25) is 0 Å². The van der Waals surface area contributed by atoms with Gasteiger partial charge in [-0.3, -0.25) is 0 Å². The molecule has 0 N–H and O–H groups in total. The number of unbranched alkanes of at least 4 members (excludes halogenated alkanes) is 2. The van der Waals surface area contributed by atoms with Crippen molar-refractivity contribution in [2.75, 3.05) is 6.61 Å². The van der Waals surface area contributed by atoms with E-state index in [-0.39, 0.29) is 5.82 Å². The molecular formula is C31H45FO. The number of halogens is 1. The number of benzene rings is 2. The Labute approximate surface area is 201 Å². The molecule has 1 nitrogen and oxygen atoms in total. The Balaban J connectivity index is 1.21. The smallest absolute Gasteiger partial charge is 0.172 e. The van der Waals surface area contributed by atoms with E-state index in [1.165, 1.54) is 95.5 Å². The van der Waals surface area contributed by atoms with Gasteiger partial charge in [-0.1, -0.05) is 95.4 Å². The lowest BCUT2D eigenvalue weighted by atomic mass is 9.74. The van der Waals surface area contributed by atoms with Gasteiger partial charge in [0.2, 0.25) is 0 Å². The summed E-state index contributed by atoms with van der Waals surface area (Å²) < 4.78 is 20.1. The fourth-order valence-corrected chi connectivity index (χ4v) is 6.56. The van der Waals surface area contributed by atoms with Crippen LogP contribution in [0.1, 0.15) is 115 Å². The second-order valence-electron chi connectivity index (χ2n) is 11.0. The van der Waals surface area contributed by atoms with E-state index in [1.807, 2.05) is 19.1 Å². The summed E-state index contributed by atoms with van der Waals surface area (Å²) in [5.74, 6) is 3.74. The summed E-state index contributed by atoms with van der Waals surface area (Å²) in [5, 5.41) is 1.68. The molecule has 0 radical (unpaired) electrons. The number of rotatable bonds is 10. The molecule has 182 valence electrons. The van der Waals surface area contributed by atoms with Gasteiger partial charge in [0.15, 0.2) is 11.6 Å². The standard InChI is InChI=1S/C31H45FO/c1-3-5-6-7-23-8-10-24(11-9-23)12-13-25-14-16-26(17-15-25)27-18-20-29-28(22-27)19-21-30(31(29)32)33-4-2/h18-26H,3-17H2,1-2H3. The third-order valence-corrected chi connectivity index (χ3v) is 8.73. The zero-order valence-corrected chi connectivity index (χ0v) is 21.1. The van der Waals surface area contributed by atoms with Crippen LogP contribution in [-0.2, 0) is 0 Å². The summed E-state index contributed by atoms with van der Waals surface area (Å²) in [6.45, 7) is 4.69. The highest BCUT2D eigenvalue weighted by atomic mass is 19.1. The molecule has 33 heavy (non-hydrogen) atoms. The summed E-state index contributed by atoms with van der Waals surface area (Å²) >= 11 is 0. The summed E-state index contributed by atoms with van der Waals surface area (Å²) in [6.07, 6.45) is 19.9. The Morgan fingerprint density at radius 1 is 0.758 bits per heavy atom. The summed E-state index contributed by atoms with van der Waals surface area (Å²) in [5.41, 5.74) is 1.39. The lowest BCUT2D eigenvalue weighted by Crippen LogP contribution is -2.17. The number of fused-ring (bicyclic) bond motifs is 1. The molecule has 2 aliphatic rings. The Hall–Kier alpha value is -1.57. The Morgan fingerprint density at radius 2 is 1.39 bits per heavy atom. The summed E-state index contributed by atoms with van der Waals surface area (Å²) in [6, 6.07) is 10.1. The van der Waals surface area contributed by atoms with Gasteiger partial charge in [0.25, 0.3) is 0 Å². The van der Waals surface area contributed by atoms with E-state index >= 15 is 0 Å². The van der Waals surface area contributed by atoms with Crippen LogP contribution in [0.25, 0.3) is 10.8 Å². The van der Waals surface area contributed by atoms with Gasteiger partial charge in [-0.25, -0.2) is 4.39 Å². The normalized spacial score (nSPS) is 25.9. The largest absolute Gasteiger partial charge is 0.491 e. The van der Waals surface area contributed by atoms with E-state index in [1.54, 1.807) is 6.07 Å². The van der Waals surface area contributed by atoms with E-state index in [9.17, 15) is 4.39 Å². The van der Waals surface area contributed by atoms with Crippen LogP contribution in [0, 0.1) is 23.6 Å². The molecule has 2 aromatic rings. The van der Waals surface area contributed by atoms with E-state index in [4.69, 9.17) is 4.74 Å². The lowest BCUT2D eigenvalue weighted by Gasteiger charge is -2.32. The average molecular weight is 453 g/mol. The minimum absolute atomic E-state index is 0.223. The van der Waals surface area contributed by atoms with E-state index < -0.39 is 0 Å². The first kappa shape index (κ1) is 24.6. The highest BCUT2D eigenvalue weighted by Crippen LogP contribution is 2.41. The van der Waals surface area contributed by atoms with E-state index in [0.717, 1.165) is 23.1 Å². The van der Waals surface area contributed by atoms with Crippen LogP contribution < -0.4 is 4.74 Å². The summed E-state index contributed by atoms with van der Waals surface area (Å²) in [7, 11) is 0. The first-order valence-corrected chi connectivity index (χ1v) is 14.0. The lowest BCUT2D eigenvalue weighted by molar-refractivity contribution is 0.222. The maximum atomic E-state index is 14.7. The van der Waals surface area contributed by atoms with Crippen molar-refractivity contribution >= 4 is 10.8 Å². The molecule has 2 saturated carbocycles. The van der Waals surface area contributed by atoms with Gasteiger partial charge in [-0.15, -0.1) is 0 Å². The third-order valence-electron chi connectivity index (χ3n) is 8.73. The molecule has 0 amide bonds. The number of hydrogen-bond acceptors (Lipinski definition) is 1. The molecular weight excluding hydrogens is 407 g/mol. The molecule has 4 rings (SSSR count). The van der Waals surface area contributed by atoms with E-state index in [2.05, 4.69) is 19.1 Å². The van der Waals surface area contributed by atoms with Crippen molar-refractivity contribution in [3.63, 3.8) is 0 Å².